The first-order valence-electron chi connectivity index (χ1n) is 9.71. The molecule has 2 atom stereocenters. The molecule has 0 N–H and O–H groups in total. The summed E-state index contributed by atoms with van der Waals surface area (Å²) in [5.41, 5.74) is 2.92. The minimum absolute atomic E-state index is 0.0425. The van der Waals surface area contributed by atoms with E-state index in [2.05, 4.69) is 19.1 Å². The normalized spacial score (nSPS) is 23.9. The highest BCUT2D eigenvalue weighted by molar-refractivity contribution is 7.15. The predicted molar refractivity (Wildman–Crippen MR) is 106 cm³/mol. The molecule has 2 heterocycles. The molecule has 1 aromatic heterocycles. The highest BCUT2D eigenvalue weighted by atomic mass is 32.1. The van der Waals surface area contributed by atoms with Crippen molar-refractivity contribution < 1.29 is 14.3 Å². The predicted octanol–water partition coefficient (Wildman–Crippen LogP) is 4.49. The fraction of sp³-hybridized carbons (Fsp3) is 0.500. The van der Waals surface area contributed by atoms with E-state index < -0.39 is 5.92 Å². The van der Waals surface area contributed by atoms with Crippen LogP contribution < -0.4 is 0 Å². The molecule has 1 aliphatic heterocycles. The van der Waals surface area contributed by atoms with Gasteiger partial charge in [-0.2, -0.15) is 0 Å². The monoisotopic (exact) mass is 383 g/mol. The lowest BCUT2D eigenvalue weighted by Crippen LogP contribution is -2.22. The molecule has 1 saturated carbocycles. The van der Waals surface area contributed by atoms with E-state index in [4.69, 9.17) is 9.72 Å². The van der Waals surface area contributed by atoms with Gasteiger partial charge in [-0.1, -0.05) is 29.8 Å². The van der Waals surface area contributed by atoms with Crippen LogP contribution in [0.2, 0.25) is 0 Å². The summed E-state index contributed by atoms with van der Waals surface area (Å²) in [5.74, 6) is -0.185. The van der Waals surface area contributed by atoms with Crippen molar-refractivity contribution in [2.24, 2.45) is 11.8 Å². The quantitative estimate of drug-likeness (QED) is 0.730. The van der Waals surface area contributed by atoms with Crippen molar-refractivity contribution >= 4 is 22.9 Å². The Balaban J connectivity index is 1.55. The first-order chi connectivity index (χ1) is 13.0. The van der Waals surface area contributed by atoms with Crippen LogP contribution in [0.4, 0.5) is 0 Å². The third-order valence-corrected chi connectivity index (χ3v) is 6.86. The fourth-order valence-electron chi connectivity index (χ4n) is 4.22. The van der Waals surface area contributed by atoms with Crippen LogP contribution in [0, 0.1) is 25.7 Å². The highest BCUT2D eigenvalue weighted by Gasteiger charge is 2.44. The molecule has 0 spiro atoms. The SMILES string of the molecule is Cc1ccc(-c2nc(C3C(=O)CC(CC4CCOCC4)C3=O)c(C)s2)cc1. The van der Waals surface area contributed by atoms with E-state index in [0.717, 1.165) is 47.9 Å². The summed E-state index contributed by atoms with van der Waals surface area (Å²) in [6.07, 6.45) is 3.18. The zero-order valence-corrected chi connectivity index (χ0v) is 16.7. The summed E-state index contributed by atoms with van der Waals surface area (Å²) in [5, 5.41) is 0.885. The van der Waals surface area contributed by atoms with Crippen molar-refractivity contribution in [1.82, 2.24) is 4.98 Å². The number of benzene rings is 1. The lowest BCUT2D eigenvalue weighted by Gasteiger charge is -2.23. The number of thiazole rings is 1. The van der Waals surface area contributed by atoms with Gasteiger partial charge in [0.25, 0.3) is 0 Å². The number of ether oxygens (including phenoxy) is 1. The molecular formula is C22H25NO3S. The van der Waals surface area contributed by atoms with Crippen LogP contribution in [0.1, 0.15) is 47.7 Å². The van der Waals surface area contributed by atoms with E-state index >= 15 is 0 Å². The minimum atomic E-state index is -0.662. The van der Waals surface area contributed by atoms with Gasteiger partial charge in [-0.15, -0.1) is 11.3 Å². The molecule has 1 aliphatic carbocycles. The molecule has 4 rings (SSSR count). The van der Waals surface area contributed by atoms with Crippen molar-refractivity contribution in [2.45, 2.75) is 45.4 Å². The van der Waals surface area contributed by atoms with E-state index in [0.29, 0.717) is 18.0 Å². The summed E-state index contributed by atoms with van der Waals surface area (Å²) in [6, 6.07) is 8.20. The van der Waals surface area contributed by atoms with Gasteiger partial charge in [-0.05, 0) is 39.0 Å². The topological polar surface area (TPSA) is 56.3 Å². The van der Waals surface area contributed by atoms with Gasteiger partial charge in [0.15, 0.2) is 5.78 Å². The minimum Gasteiger partial charge on any atom is -0.381 e. The number of aryl methyl sites for hydroxylation is 2. The van der Waals surface area contributed by atoms with Crippen molar-refractivity contribution in [3.05, 3.63) is 40.4 Å². The molecule has 5 heteroatoms. The lowest BCUT2D eigenvalue weighted by molar-refractivity contribution is -0.125. The summed E-state index contributed by atoms with van der Waals surface area (Å²) in [7, 11) is 0. The summed E-state index contributed by atoms with van der Waals surface area (Å²) in [6.45, 7) is 5.57. The summed E-state index contributed by atoms with van der Waals surface area (Å²) < 4.78 is 5.41. The van der Waals surface area contributed by atoms with Crippen LogP contribution in [0.5, 0.6) is 0 Å². The number of ketones is 2. The zero-order chi connectivity index (χ0) is 19.0. The average molecular weight is 384 g/mol. The number of hydrogen-bond donors (Lipinski definition) is 0. The second-order valence-corrected chi connectivity index (χ2v) is 9.02. The first kappa shape index (κ1) is 18.5. The molecule has 1 saturated heterocycles. The van der Waals surface area contributed by atoms with Gasteiger partial charge in [0, 0.05) is 36.0 Å². The molecule has 2 unspecified atom stereocenters. The number of rotatable bonds is 4. The molecule has 2 fully saturated rings. The molecule has 142 valence electrons. The molecule has 2 aliphatic rings. The van der Waals surface area contributed by atoms with E-state index in [9.17, 15) is 9.59 Å². The number of nitrogens with zero attached hydrogens (tertiary/aromatic N) is 1. The maximum atomic E-state index is 13.0. The molecule has 27 heavy (non-hydrogen) atoms. The van der Waals surface area contributed by atoms with Crippen LogP contribution in [0.15, 0.2) is 24.3 Å². The number of Topliss-reactive ketones (excluding diaryl/α,β-unsaturated/α-hetero) is 2. The smallest absolute Gasteiger partial charge is 0.152 e. The van der Waals surface area contributed by atoms with Crippen LogP contribution >= 0.6 is 11.3 Å². The first-order valence-corrected chi connectivity index (χ1v) is 10.5. The average Bonchev–Trinajstić information content (AvgIpc) is 3.16. The van der Waals surface area contributed by atoms with Crippen molar-refractivity contribution in [3.8, 4) is 10.6 Å². The number of hydrogen-bond acceptors (Lipinski definition) is 5. The van der Waals surface area contributed by atoms with E-state index in [1.165, 1.54) is 5.56 Å². The largest absolute Gasteiger partial charge is 0.381 e. The molecule has 1 aromatic carbocycles. The Labute approximate surface area is 164 Å². The Kier molecular flexibility index (Phi) is 5.24. The van der Waals surface area contributed by atoms with Gasteiger partial charge in [-0.25, -0.2) is 4.98 Å². The number of aromatic nitrogens is 1. The summed E-state index contributed by atoms with van der Waals surface area (Å²) in [4.78, 5) is 31.5. The van der Waals surface area contributed by atoms with Crippen LogP contribution in [0.25, 0.3) is 10.6 Å². The number of carbonyl (C=O) groups is 2. The fourth-order valence-corrected chi connectivity index (χ4v) is 5.18. The maximum absolute atomic E-state index is 13.0. The zero-order valence-electron chi connectivity index (χ0n) is 15.9. The van der Waals surface area contributed by atoms with Gasteiger partial charge >= 0.3 is 0 Å². The Morgan fingerprint density at radius 2 is 1.81 bits per heavy atom. The second kappa shape index (κ2) is 7.64. The van der Waals surface area contributed by atoms with Crippen LogP contribution in [-0.2, 0) is 14.3 Å². The van der Waals surface area contributed by atoms with Gasteiger partial charge < -0.3 is 4.74 Å². The molecular weight excluding hydrogens is 358 g/mol. The molecule has 4 nitrogen and oxygen atoms in total. The standard InChI is InChI=1S/C22H25NO3S/c1-13-3-5-16(6-4-13)22-23-20(14(2)27-22)19-18(24)12-17(21(19)25)11-15-7-9-26-10-8-15/h3-6,15,17,19H,7-12H2,1-2H3. The Bertz CT molecular complexity index is 849. The van der Waals surface area contributed by atoms with Crippen molar-refractivity contribution in [1.29, 1.82) is 0 Å². The summed E-state index contributed by atoms with van der Waals surface area (Å²) >= 11 is 1.57. The van der Waals surface area contributed by atoms with E-state index in [-0.39, 0.29) is 17.5 Å². The van der Waals surface area contributed by atoms with Crippen LogP contribution in [0.3, 0.4) is 0 Å². The van der Waals surface area contributed by atoms with Gasteiger partial charge in [-0.3, -0.25) is 9.59 Å². The van der Waals surface area contributed by atoms with E-state index in [1.807, 2.05) is 19.1 Å². The molecule has 0 bridgehead atoms. The molecule has 0 radical (unpaired) electrons. The molecule has 2 aromatic rings. The molecule has 0 amide bonds. The number of carbonyl (C=O) groups excluding carboxylic acids is 2. The van der Waals surface area contributed by atoms with Crippen LogP contribution in [-0.4, -0.2) is 29.8 Å². The van der Waals surface area contributed by atoms with Crippen molar-refractivity contribution in [2.75, 3.05) is 13.2 Å². The second-order valence-electron chi connectivity index (χ2n) is 7.82. The van der Waals surface area contributed by atoms with Gasteiger partial charge in [0.1, 0.15) is 16.7 Å². The lowest BCUT2D eigenvalue weighted by atomic mass is 9.86. The highest BCUT2D eigenvalue weighted by Crippen LogP contribution is 2.40. The Morgan fingerprint density at radius 1 is 1.11 bits per heavy atom. The third kappa shape index (κ3) is 3.76. The third-order valence-electron chi connectivity index (χ3n) is 5.82. The van der Waals surface area contributed by atoms with Gasteiger partial charge in [0.2, 0.25) is 0 Å². The Hall–Kier alpha value is -1.85. The maximum Gasteiger partial charge on any atom is 0.152 e. The van der Waals surface area contributed by atoms with E-state index in [1.54, 1.807) is 11.3 Å². The van der Waals surface area contributed by atoms with Crippen molar-refractivity contribution in [3.63, 3.8) is 0 Å². The van der Waals surface area contributed by atoms with Gasteiger partial charge in [0.05, 0.1) is 5.69 Å². The Morgan fingerprint density at radius 3 is 2.52 bits per heavy atom.